The number of hydrogen-bond acceptors (Lipinski definition) is 5. The second-order valence-corrected chi connectivity index (χ2v) is 3.61. The number of carbonyl (C=O) groups excluding carboxylic acids is 1. The first-order valence-electron chi connectivity index (χ1n) is 5.33. The fourth-order valence-electron chi connectivity index (χ4n) is 1.31. The second kappa shape index (κ2) is 5.77. The Labute approximate surface area is 107 Å². The number of carbonyl (C=O) groups is 1. The summed E-state index contributed by atoms with van der Waals surface area (Å²) in [6, 6.07) is 1.04. The fourth-order valence-corrected chi connectivity index (χ4v) is 1.31. The van der Waals surface area contributed by atoms with E-state index in [-0.39, 0.29) is 23.6 Å². The van der Waals surface area contributed by atoms with Crippen molar-refractivity contribution in [3.63, 3.8) is 0 Å². The van der Waals surface area contributed by atoms with Crippen molar-refractivity contribution >= 4 is 5.97 Å². The van der Waals surface area contributed by atoms with Gasteiger partial charge in [0.25, 0.3) is 0 Å². The van der Waals surface area contributed by atoms with E-state index in [9.17, 15) is 23.1 Å². The van der Waals surface area contributed by atoms with Gasteiger partial charge in [0.15, 0.2) is 0 Å². The van der Waals surface area contributed by atoms with Crippen molar-refractivity contribution < 1.29 is 32.5 Å². The number of alkyl halides is 3. The summed E-state index contributed by atoms with van der Waals surface area (Å²) >= 11 is 0. The topological polar surface area (TPSA) is 68.7 Å². The van der Waals surface area contributed by atoms with Gasteiger partial charge in [0.05, 0.1) is 18.7 Å². The van der Waals surface area contributed by atoms with Crippen molar-refractivity contribution in [3.05, 3.63) is 17.3 Å². The van der Waals surface area contributed by atoms with Gasteiger partial charge in [0.1, 0.15) is 5.75 Å². The molecule has 0 fully saturated rings. The maximum absolute atomic E-state index is 12.1. The van der Waals surface area contributed by atoms with Crippen molar-refractivity contribution in [1.29, 1.82) is 0 Å². The van der Waals surface area contributed by atoms with E-state index < -0.39 is 24.6 Å². The van der Waals surface area contributed by atoms with Crippen LogP contribution in [0.4, 0.5) is 13.2 Å². The quantitative estimate of drug-likeness (QED) is 0.855. The third-order valence-electron chi connectivity index (χ3n) is 2.05. The summed E-state index contributed by atoms with van der Waals surface area (Å²) in [6.07, 6.45) is -5.33. The Morgan fingerprint density at radius 1 is 1.47 bits per heavy atom. The number of hydrogen-bond donors (Lipinski definition) is 1. The van der Waals surface area contributed by atoms with E-state index in [4.69, 9.17) is 0 Å². The summed E-state index contributed by atoms with van der Waals surface area (Å²) in [5.41, 5.74) is -0.231. The largest absolute Gasteiger partial charge is 0.574 e. The smallest absolute Gasteiger partial charge is 0.506 e. The van der Waals surface area contributed by atoms with Gasteiger partial charge < -0.3 is 14.6 Å². The van der Waals surface area contributed by atoms with Crippen molar-refractivity contribution in [3.8, 4) is 11.6 Å². The molecule has 0 atom stereocenters. The van der Waals surface area contributed by atoms with Crippen LogP contribution in [0.5, 0.6) is 11.6 Å². The van der Waals surface area contributed by atoms with Gasteiger partial charge in [-0.15, -0.1) is 13.2 Å². The van der Waals surface area contributed by atoms with Gasteiger partial charge in [0, 0.05) is 5.56 Å². The highest BCUT2D eigenvalue weighted by molar-refractivity contribution is 5.73. The Hall–Kier alpha value is -1.99. The minimum absolute atomic E-state index is 0.00225. The van der Waals surface area contributed by atoms with Crippen molar-refractivity contribution in [2.45, 2.75) is 26.6 Å². The summed E-state index contributed by atoms with van der Waals surface area (Å²) in [5, 5.41) is 9.52. The third kappa shape index (κ3) is 4.65. The van der Waals surface area contributed by atoms with Crippen LogP contribution in [-0.2, 0) is 16.0 Å². The molecule has 0 saturated heterocycles. The Kier molecular flexibility index (Phi) is 4.57. The molecule has 0 amide bonds. The first-order valence-corrected chi connectivity index (χ1v) is 5.33. The average molecular weight is 279 g/mol. The van der Waals surface area contributed by atoms with E-state index in [2.05, 4.69) is 14.5 Å². The van der Waals surface area contributed by atoms with E-state index in [1.165, 1.54) is 6.92 Å². The molecule has 1 rings (SSSR count). The Morgan fingerprint density at radius 2 is 2.11 bits per heavy atom. The highest BCUT2D eigenvalue weighted by atomic mass is 19.4. The zero-order valence-corrected chi connectivity index (χ0v) is 10.2. The molecule has 0 aliphatic heterocycles. The summed E-state index contributed by atoms with van der Waals surface area (Å²) in [5.74, 6) is -1.79. The maximum Gasteiger partial charge on any atom is 0.574 e. The van der Waals surface area contributed by atoms with Gasteiger partial charge >= 0.3 is 12.3 Å². The Morgan fingerprint density at radius 3 is 2.63 bits per heavy atom. The lowest BCUT2D eigenvalue weighted by Gasteiger charge is -2.12. The molecule has 0 spiro atoms. The standard InChI is InChI=1S/C11H12F3NO4/c1-3-18-9(17)5-7-8(16)4-6(2)10(15-7)19-11(12,13)14/h4,16H,3,5H2,1-2H3. The number of aromatic hydroxyl groups is 1. The number of aryl methyl sites for hydroxylation is 1. The number of rotatable bonds is 4. The first kappa shape index (κ1) is 15.1. The lowest BCUT2D eigenvalue weighted by Crippen LogP contribution is -2.19. The number of nitrogens with zero attached hydrogens (tertiary/aromatic N) is 1. The van der Waals surface area contributed by atoms with Gasteiger partial charge in [-0.3, -0.25) is 4.79 Å². The SMILES string of the molecule is CCOC(=O)Cc1nc(OC(F)(F)F)c(C)cc1O. The normalized spacial score (nSPS) is 11.2. The lowest BCUT2D eigenvalue weighted by atomic mass is 10.2. The van der Waals surface area contributed by atoms with Crippen molar-refractivity contribution in [2.24, 2.45) is 0 Å². The maximum atomic E-state index is 12.1. The highest BCUT2D eigenvalue weighted by Gasteiger charge is 2.33. The van der Waals surface area contributed by atoms with E-state index in [1.807, 2.05) is 0 Å². The molecule has 0 aliphatic rings. The zero-order valence-electron chi connectivity index (χ0n) is 10.2. The lowest BCUT2D eigenvalue weighted by molar-refractivity contribution is -0.276. The van der Waals surface area contributed by atoms with Crippen LogP contribution in [0, 0.1) is 6.92 Å². The fraction of sp³-hybridized carbons (Fsp3) is 0.455. The molecule has 8 heteroatoms. The van der Waals surface area contributed by atoms with Crippen molar-refractivity contribution in [2.75, 3.05) is 6.61 Å². The number of aromatic nitrogens is 1. The van der Waals surface area contributed by atoms with Crippen LogP contribution in [0.1, 0.15) is 18.2 Å². The van der Waals surface area contributed by atoms with Crippen LogP contribution in [0.3, 0.4) is 0 Å². The molecule has 0 unspecified atom stereocenters. The molecule has 1 N–H and O–H groups in total. The zero-order chi connectivity index (χ0) is 14.6. The molecule has 0 aromatic carbocycles. The van der Waals surface area contributed by atoms with Crippen LogP contribution >= 0.6 is 0 Å². The van der Waals surface area contributed by atoms with Crippen LogP contribution in [0.2, 0.25) is 0 Å². The molecule has 1 heterocycles. The molecule has 106 valence electrons. The third-order valence-corrected chi connectivity index (χ3v) is 2.05. The molecule has 1 aromatic rings. The van der Waals surface area contributed by atoms with E-state index >= 15 is 0 Å². The van der Waals surface area contributed by atoms with Gasteiger partial charge in [-0.1, -0.05) is 0 Å². The van der Waals surface area contributed by atoms with Gasteiger partial charge in [-0.25, -0.2) is 4.98 Å². The molecule has 5 nitrogen and oxygen atoms in total. The molecule has 0 bridgehead atoms. The van der Waals surface area contributed by atoms with Crippen LogP contribution in [0.15, 0.2) is 6.07 Å². The number of pyridine rings is 1. The predicted octanol–water partition coefficient (Wildman–Crippen LogP) is 2.10. The highest BCUT2D eigenvalue weighted by Crippen LogP contribution is 2.28. The molecule has 19 heavy (non-hydrogen) atoms. The molecule has 0 saturated carbocycles. The predicted molar refractivity (Wildman–Crippen MR) is 57.7 cm³/mol. The minimum Gasteiger partial charge on any atom is -0.506 e. The number of ether oxygens (including phenoxy) is 2. The minimum atomic E-state index is -4.89. The summed E-state index contributed by atoms with van der Waals surface area (Å²) in [7, 11) is 0. The number of halogens is 3. The summed E-state index contributed by atoms with van der Waals surface area (Å²) in [4.78, 5) is 14.7. The molecule has 0 radical (unpaired) electrons. The average Bonchev–Trinajstić information content (AvgIpc) is 2.23. The summed E-state index contributed by atoms with van der Waals surface area (Å²) in [6.45, 7) is 3.00. The number of esters is 1. The molecule has 0 aliphatic carbocycles. The monoisotopic (exact) mass is 279 g/mol. The Bertz CT molecular complexity index is 474. The van der Waals surface area contributed by atoms with E-state index in [0.717, 1.165) is 6.07 Å². The molecular formula is C11H12F3NO4. The van der Waals surface area contributed by atoms with Gasteiger partial charge in [-0.05, 0) is 19.9 Å². The summed E-state index contributed by atoms with van der Waals surface area (Å²) < 4.78 is 44.7. The first-order chi connectivity index (χ1) is 8.73. The van der Waals surface area contributed by atoms with Gasteiger partial charge in [-0.2, -0.15) is 0 Å². The van der Waals surface area contributed by atoms with Gasteiger partial charge in [0.2, 0.25) is 5.88 Å². The van der Waals surface area contributed by atoms with Crippen LogP contribution in [-0.4, -0.2) is 29.0 Å². The Balaban J connectivity index is 2.99. The van der Waals surface area contributed by atoms with Crippen LogP contribution in [0.25, 0.3) is 0 Å². The van der Waals surface area contributed by atoms with E-state index in [0.29, 0.717) is 0 Å². The second-order valence-electron chi connectivity index (χ2n) is 3.61. The van der Waals surface area contributed by atoms with Crippen LogP contribution < -0.4 is 4.74 Å². The van der Waals surface area contributed by atoms with Crippen molar-refractivity contribution in [1.82, 2.24) is 4.98 Å². The van der Waals surface area contributed by atoms with E-state index in [1.54, 1.807) is 6.92 Å². The molecule has 1 aromatic heterocycles. The molecular weight excluding hydrogens is 267 g/mol.